The fourth-order valence-corrected chi connectivity index (χ4v) is 5.89. The summed E-state index contributed by atoms with van der Waals surface area (Å²) in [6.45, 7) is 2.91. The largest absolute Gasteiger partial charge is 0.454 e. The van der Waals surface area contributed by atoms with Crippen molar-refractivity contribution in [3.05, 3.63) is 53.6 Å². The average Bonchev–Trinajstić information content (AvgIpc) is 3.31. The Kier molecular flexibility index (Phi) is 7.38. The number of piperidine rings is 1. The van der Waals surface area contributed by atoms with Gasteiger partial charge in [-0.3, -0.25) is 9.59 Å². The second kappa shape index (κ2) is 10.4. The molecule has 0 aromatic heterocycles. The first-order valence-electron chi connectivity index (χ1n) is 11.4. The van der Waals surface area contributed by atoms with Crippen LogP contribution in [-0.4, -0.2) is 50.5 Å². The maximum atomic E-state index is 13.2. The van der Waals surface area contributed by atoms with Gasteiger partial charge in [0.05, 0.1) is 4.90 Å². The minimum Gasteiger partial charge on any atom is -0.454 e. The van der Waals surface area contributed by atoms with Gasteiger partial charge in [0.1, 0.15) is 0 Å². The summed E-state index contributed by atoms with van der Waals surface area (Å²) in [7, 11) is -3.62. The Morgan fingerprint density at radius 3 is 2.53 bits per heavy atom. The van der Waals surface area contributed by atoms with E-state index in [-0.39, 0.29) is 30.8 Å². The molecular formula is C24H29N3O6S. The molecule has 1 saturated heterocycles. The van der Waals surface area contributed by atoms with E-state index >= 15 is 0 Å². The number of aryl methyl sites for hydroxylation is 1. The van der Waals surface area contributed by atoms with Crippen LogP contribution in [0.15, 0.2) is 47.4 Å². The highest BCUT2D eigenvalue weighted by Crippen LogP contribution is 2.32. The lowest BCUT2D eigenvalue weighted by molar-refractivity contribution is -0.139. The normalized spacial score (nSPS) is 17.9. The number of nitrogens with one attached hydrogen (secondary N) is 2. The fraction of sp³-hybridized carbons (Fsp3) is 0.417. The van der Waals surface area contributed by atoms with Crippen molar-refractivity contribution in [2.75, 3.05) is 19.9 Å². The topological polar surface area (TPSA) is 114 Å². The highest BCUT2D eigenvalue weighted by Gasteiger charge is 2.33. The van der Waals surface area contributed by atoms with Crippen LogP contribution >= 0.6 is 0 Å². The molecule has 9 nitrogen and oxygen atoms in total. The Bertz CT molecular complexity index is 1150. The van der Waals surface area contributed by atoms with Crippen LogP contribution in [0.3, 0.4) is 0 Å². The van der Waals surface area contributed by atoms with E-state index in [0.29, 0.717) is 24.5 Å². The molecule has 1 fully saturated rings. The predicted octanol–water partition coefficient (Wildman–Crippen LogP) is 2.09. The summed E-state index contributed by atoms with van der Waals surface area (Å²) in [5, 5.41) is 5.19. The molecule has 2 aliphatic rings. The Hall–Kier alpha value is -3.11. The molecule has 2 N–H and O–H groups in total. The fourth-order valence-electron chi connectivity index (χ4n) is 4.17. The van der Waals surface area contributed by atoms with E-state index in [0.717, 1.165) is 30.4 Å². The number of carbonyl (C=O) groups excluding carboxylic acids is 2. The number of fused-ring (bicyclic) bond motifs is 1. The number of ether oxygens (including phenoxy) is 2. The summed E-state index contributed by atoms with van der Waals surface area (Å²) in [4.78, 5) is 24.7. The second-order valence-electron chi connectivity index (χ2n) is 8.49. The average molecular weight is 488 g/mol. The third-order valence-electron chi connectivity index (χ3n) is 6.06. The molecule has 0 radical (unpaired) electrons. The minimum atomic E-state index is -3.62. The van der Waals surface area contributed by atoms with Gasteiger partial charge in [0, 0.05) is 25.7 Å². The quantitative estimate of drug-likeness (QED) is 0.578. The molecule has 2 aromatic carbocycles. The molecule has 182 valence electrons. The molecule has 2 aromatic rings. The number of hydrogen-bond donors (Lipinski definition) is 2. The van der Waals surface area contributed by atoms with E-state index in [1.54, 1.807) is 42.5 Å². The number of rotatable bonds is 7. The lowest BCUT2D eigenvalue weighted by Gasteiger charge is -2.34. The van der Waals surface area contributed by atoms with Crippen molar-refractivity contribution >= 4 is 21.8 Å². The molecule has 2 amide bonds. The van der Waals surface area contributed by atoms with E-state index < -0.39 is 21.8 Å². The number of amides is 2. The van der Waals surface area contributed by atoms with Gasteiger partial charge < -0.3 is 20.1 Å². The SMILES string of the molecule is Cc1ccc(S(=O)(=O)N2CCCC[C@@H]2CCNC(=O)C(=O)NCc2ccc3c(c2)OCO3)cc1. The first kappa shape index (κ1) is 24.0. The van der Waals surface area contributed by atoms with Crippen molar-refractivity contribution in [2.45, 2.75) is 50.1 Å². The lowest BCUT2D eigenvalue weighted by Crippen LogP contribution is -2.46. The van der Waals surface area contributed by atoms with Crippen molar-refractivity contribution in [3.63, 3.8) is 0 Å². The monoisotopic (exact) mass is 487 g/mol. The van der Waals surface area contributed by atoms with E-state index in [4.69, 9.17) is 9.47 Å². The molecule has 0 unspecified atom stereocenters. The summed E-state index contributed by atoms with van der Waals surface area (Å²) in [5.41, 5.74) is 1.78. The minimum absolute atomic E-state index is 0.165. The number of sulfonamides is 1. The Morgan fingerprint density at radius 1 is 1.00 bits per heavy atom. The summed E-state index contributed by atoms with van der Waals surface area (Å²) < 4.78 is 38.4. The van der Waals surface area contributed by atoms with Gasteiger partial charge in [-0.2, -0.15) is 4.31 Å². The van der Waals surface area contributed by atoms with Gasteiger partial charge in [0.15, 0.2) is 11.5 Å². The number of carbonyl (C=O) groups is 2. The Morgan fingerprint density at radius 2 is 1.74 bits per heavy atom. The van der Waals surface area contributed by atoms with Gasteiger partial charge in [-0.25, -0.2) is 8.42 Å². The van der Waals surface area contributed by atoms with Crippen molar-refractivity contribution in [1.29, 1.82) is 0 Å². The van der Waals surface area contributed by atoms with Gasteiger partial charge >= 0.3 is 11.8 Å². The zero-order valence-corrected chi connectivity index (χ0v) is 19.9. The molecule has 1 atom stereocenters. The van der Waals surface area contributed by atoms with Gasteiger partial charge in [0.2, 0.25) is 16.8 Å². The molecule has 0 spiro atoms. The van der Waals surface area contributed by atoms with E-state index in [1.165, 1.54) is 4.31 Å². The number of nitrogens with zero attached hydrogens (tertiary/aromatic N) is 1. The summed E-state index contributed by atoms with van der Waals surface area (Å²) in [5.74, 6) is -0.238. The van der Waals surface area contributed by atoms with Crippen molar-refractivity contribution < 1.29 is 27.5 Å². The van der Waals surface area contributed by atoms with Crippen LogP contribution in [0.25, 0.3) is 0 Å². The number of benzene rings is 2. The van der Waals surface area contributed by atoms with Crippen molar-refractivity contribution in [1.82, 2.24) is 14.9 Å². The van der Waals surface area contributed by atoms with Crippen LogP contribution < -0.4 is 20.1 Å². The summed E-state index contributed by atoms with van der Waals surface area (Å²) in [6.07, 6.45) is 2.88. The molecule has 0 bridgehead atoms. The standard InChI is InChI=1S/C24H29N3O6S/c1-17-5-8-20(9-6-17)34(30,31)27-13-3-2-4-19(27)11-12-25-23(28)24(29)26-15-18-7-10-21-22(14-18)33-16-32-21/h5-10,14,19H,2-4,11-13,15-16H2,1H3,(H,25,28)(H,26,29)/t19-/m1/s1. The zero-order valence-electron chi connectivity index (χ0n) is 19.1. The lowest BCUT2D eigenvalue weighted by atomic mass is 10.0. The van der Waals surface area contributed by atoms with Crippen LogP contribution in [0.5, 0.6) is 11.5 Å². The molecule has 2 aliphatic heterocycles. The maximum absolute atomic E-state index is 13.2. The van der Waals surface area contributed by atoms with E-state index in [1.807, 2.05) is 6.92 Å². The zero-order chi connectivity index (χ0) is 24.1. The molecule has 34 heavy (non-hydrogen) atoms. The number of hydrogen-bond acceptors (Lipinski definition) is 6. The van der Waals surface area contributed by atoms with Crippen LogP contribution in [-0.2, 0) is 26.2 Å². The first-order chi connectivity index (χ1) is 16.3. The molecular weight excluding hydrogens is 458 g/mol. The Balaban J connectivity index is 1.27. The predicted molar refractivity (Wildman–Crippen MR) is 125 cm³/mol. The van der Waals surface area contributed by atoms with Crippen LogP contribution in [0.1, 0.15) is 36.8 Å². The first-order valence-corrected chi connectivity index (χ1v) is 12.8. The maximum Gasteiger partial charge on any atom is 0.309 e. The molecule has 10 heteroatoms. The third-order valence-corrected chi connectivity index (χ3v) is 8.03. The van der Waals surface area contributed by atoms with Crippen molar-refractivity contribution in [3.8, 4) is 11.5 Å². The van der Waals surface area contributed by atoms with Gasteiger partial charge in [-0.05, 0) is 56.0 Å². The van der Waals surface area contributed by atoms with Gasteiger partial charge in [0.25, 0.3) is 0 Å². The summed E-state index contributed by atoms with van der Waals surface area (Å²) >= 11 is 0. The molecule has 0 aliphatic carbocycles. The summed E-state index contributed by atoms with van der Waals surface area (Å²) in [6, 6.07) is 11.9. The van der Waals surface area contributed by atoms with Crippen molar-refractivity contribution in [2.24, 2.45) is 0 Å². The van der Waals surface area contributed by atoms with Crippen LogP contribution in [0, 0.1) is 6.92 Å². The second-order valence-corrected chi connectivity index (χ2v) is 10.4. The smallest absolute Gasteiger partial charge is 0.309 e. The molecule has 0 saturated carbocycles. The molecule has 4 rings (SSSR count). The van der Waals surface area contributed by atoms with Gasteiger partial charge in [-0.1, -0.05) is 30.2 Å². The third kappa shape index (κ3) is 5.51. The highest BCUT2D eigenvalue weighted by atomic mass is 32.2. The van der Waals surface area contributed by atoms with E-state index in [9.17, 15) is 18.0 Å². The Labute approximate surface area is 199 Å². The van der Waals surface area contributed by atoms with E-state index in [2.05, 4.69) is 10.6 Å². The highest BCUT2D eigenvalue weighted by molar-refractivity contribution is 7.89. The van der Waals surface area contributed by atoms with Crippen LogP contribution in [0.2, 0.25) is 0 Å². The molecule has 2 heterocycles. The van der Waals surface area contributed by atoms with Crippen LogP contribution in [0.4, 0.5) is 0 Å². The van der Waals surface area contributed by atoms with Gasteiger partial charge in [-0.15, -0.1) is 0 Å².